The van der Waals surface area contributed by atoms with E-state index in [1.807, 2.05) is 19.1 Å². The van der Waals surface area contributed by atoms with Gasteiger partial charge in [0, 0.05) is 6.42 Å². The Hall–Kier alpha value is -1.36. The van der Waals surface area contributed by atoms with Crippen LogP contribution in [0.1, 0.15) is 18.1 Å². The summed E-state index contributed by atoms with van der Waals surface area (Å²) in [5.74, 6) is -0.358. The van der Waals surface area contributed by atoms with Crippen molar-refractivity contribution < 1.29 is 22.7 Å². The van der Waals surface area contributed by atoms with Gasteiger partial charge in [0.1, 0.15) is 13.2 Å². The van der Waals surface area contributed by atoms with Crippen molar-refractivity contribution in [3.63, 3.8) is 0 Å². The van der Waals surface area contributed by atoms with Gasteiger partial charge >= 0.3 is 6.18 Å². The van der Waals surface area contributed by atoms with Crippen LogP contribution in [0.4, 0.5) is 13.2 Å². The Labute approximate surface area is 104 Å². The maximum absolute atomic E-state index is 11.8. The van der Waals surface area contributed by atoms with Gasteiger partial charge in [-0.25, -0.2) is 0 Å². The maximum atomic E-state index is 11.8. The van der Waals surface area contributed by atoms with E-state index < -0.39 is 19.4 Å². The molecule has 0 radical (unpaired) electrons. The summed E-state index contributed by atoms with van der Waals surface area (Å²) in [6.07, 6.45) is -3.38. The first-order valence-corrected chi connectivity index (χ1v) is 5.64. The van der Waals surface area contributed by atoms with Crippen LogP contribution in [-0.4, -0.2) is 25.2 Å². The first-order valence-electron chi connectivity index (χ1n) is 5.64. The van der Waals surface area contributed by atoms with Gasteiger partial charge in [0.2, 0.25) is 0 Å². The third-order valence-electron chi connectivity index (χ3n) is 2.36. The fourth-order valence-electron chi connectivity index (χ4n) is 1.45. The van der Waals surface area contributed by atoms with Crippen LogP contribution in [0.15, 0.2) is 24.3 Å². The molecule has 1 rings (SSSR count). The SMILES string of the molecule is CCc1ccc(CC(=O)COCC(F)(F)F)cc1. The number of benzene rings is 1. The van der Waals surface area contributed by atoms with Crippen LogP contribution in [-0.2, 0) is 22.4 Å². The number of carbonyl (C=O) groups excluding carboxylic acids is 1. The number of Topliss-reactive ketones (excluding diaryl/α,β-unsaturated/α-hetero) is 1. The third kappa shape index (κ3) is 5.82. The Bertz CT molecular complexity index is 382. The van der Waals surface area contributed by atoms with E-state index in [9.17, 15) is 18.0 Å². The molecule has 0 saturated carbocycles. The fraction of sp³-hybridized carbons (Fsp3) is 0.462. The molecule has 0 aromatic heterocycles. The molecule has 0 amide bonds. The molecule has 0 unspecified atom stereocenters. The van der Waals surface area contributed by atoms with Crippen LogP contribution in [0.5, 0.6) is 0 Å². The Morgan fingerprint density at radius 3 is 2.22 bits per heavy atom. The normalized spacial score (nSPS) is 11.6. The molecule has 0 atom stereocenters. The molecule has 18 heavy (non-hydrogen) atoms. The first-order chi connectivity index (χ1) is 8.40. The van der Waals surface area contributed by atoms with Gasteiger partial charge in [-0.1, -0.05) is 31.2 Å². The summed E-state index contributed by atoms with van der Waals surface area (Å²) >= 11 is 0. The van der Waals surface area contributed by atoms with Crippen LogP contribution < -0.4 is 0 Å². The average Bonchev–Trinajstić information content (AvgIpc) is 2.28. The van der Waals surface area contributed by atoms with Crippen LogP contribution in [0.2, 0.25) is 0 Å². The van der Waals surface area contributed by atoms with E-state index in [1.165, 1.54) is 0 Å². The van der Waals surface area contributed by atoms with Crippen LogP contribution in [0.25, 0.3) is 0 Å². The van der Waals surface area contributed by atoms with Crippen molar-refractivity contribution in [2.45, 2.75) is 25.9 Å². The van der Waals surface area contributed by atoms with Crippen molar-refractivity contribution >= 4 is 5.78 Å². The minimum Gasteiger partial charge on any atom is -0.364 e. The Balaban J connectivity index is 2.35. The summed E-state index contributed by atoms with van der Waals surface area (Å²) < 4.78 is 39.6. The number of hydrogen-bond donors (Lipinski definition) is 0. The lowest BCUT2D eigenvalue weighted by atomic mass is 10.1. The molecule has 2 nitrogen and oxygen atoms in total. The minimum atomic E-state index is -4.39. The minimum absolute atomic E-state index is 0.0991. The van der Waals surface area contributed by atoms with Crippen LogP contribution in [0, 0.1) is 0 Å². The predicted molar refractivity (Wildman–Crippen MR) is 61.4 cm³/mol. The quantitative estimate of drug-likeness (QED) is 0.786. The summed E-state index contributed by atoms with van der Waals surface area (Å²) in [5, 5.41) is 0. The van der Waals surface area contributed by atoms with Gasteiger partial charge in [-0.3, -0.25) is 4.79 Å². The maximum Gasteiger partial charge on any atom is 0.411 e. The summed E-state index contributed by atoms with van der Waals surface area (Å²) in [6, 6.07) is 7.42. The molecule has 0 heterocycles. The molecule has 1 aromatic carbocycles. The van der Waals surface area contributed by atoms with Gasteiger partial charge in [-0.2, -0.15) is 13.2 Å². The van der Waals surface area contributed by atoms with Gasteiger partial charge in [0.15, 0.2) is 5.78 Å². The van der Waals surface area contributed by atoms with Crippen molar-refractivity contribution in [2.75, 3.05) is 13.2 Å². The van der Waals surface area contributed by atoms with Crippen molar-refractivity contribution in [1.82, 2.24) is 0 Å². The molecule has 0 saturated heterocycles. The number of carbonyl (C=O) groups is 1. The summed E-state index contributed by atoms with van der Waals surface area (Å²) in [5.41, 5.74) is 1.94. The molecule has 0 spiro atoms. The Morgan fingerprint density at radius 1 is 1.17 bits per heavy atom. The largest absolute Gasteiger partial charge is 0.411 e. The lowest BCUT2D eigenvalue weighted by Crippen LogP contribution is -2.21. The monoisotopic (exact) mass is 260 g/mol. The zero-order valence-electron chi connectivity index (χ0n) is 10.1. The average molecular weight is 260 g/mol. The van der Waals surface area contributed by atoms with Crippen LogP contribution in [0.3, 0.4) is 0 Å². The van der Waals surface area contributed by atoms with E-state index in [4.69, 9.17) is 0 Å². The highest BCUT2D eigenvalue weighted by molar-refractivity contribution is 5.82. The predicted octanol–water partition coefficient (Wildman–Crippen LogP) is 2.94. The Kier molecular flexibility index (Phi) is 5.34. The van der Waals surface area contributed by atoms with Gasteiger partial charge in [0.25, 0.3) is 0 Å². The summed E-state index contributed by atoms with van der Waals surface area (Å²) in [6.45, 7) is 0.133. The first kappa shape index (κ1) is 14.7. The molecule has 0 aliphatic rings. The lowest BCUT2D eigenvalue weighted by molar-refractivity contribution is -0.175. The topological polar surface area (TPSA) is 26.3 Å². The summed E-state index contributed by atoms with van der Waals surface area (Å²) in [4.78, 5) is 11.4. The molecule has 100 valence electrons. The number of ketones is 1. The number of alkyl halides is 3. The van der Waals surface area contributed by atoms with E-state index in [-0.39, 0.29) is 12.2 Å². The molecule has 0 bridgehead atoms. The number of aryl methyl sites for hydroxylation is 1. The van der Waals surface area contributed by atoms with Crippen LogP contribution >= 0.6 is 0 Å². The fourth-order valence-corrected chi connectivity index (χ4v) is 1.45. The highest BCUT2D eigenvalue weighted by atomic mass is 19.4. The molecule has 0 fully saturated rings. The molecule has 1 aromatic rings. The molecule has 5 heteroatoms. The highest BCUT2D eigenvalue weighted by Gasteiger charge is 2.27. The zero-order chi connectivity index (χ0) is 13.6. The second kappa shape index (κ2) is 6.54. The summed E-state index contributed by atoms with van der Waals surface area (Å²) in [7, 11) is 0. The number of rotatable bonds is 6. The van der Waals surface area contributed by atoms with Crippen molar-refractivity contribution in [2.24, 2.45) is 0 Å². The second-order valence-electron chi connectivity index (χ2n) is 3.99. The van der Waals surface area contributed by atoms with Crippen molar-refractivity contribution in [3.05, 3.63) is 35.4 Å². The smallest absolute Gasteiger partial charge is 0.364 e. The number of halogens is 3. The second-order valence-corrected chi connectivity index (χ2v) is 3.99. The van der Waals surface area contributed by atoms with Crippen molar-refractivity contribution in [3.8, 4) is 0 Å². The van der Waals surface area contributed by atoms with E-state index in [2.05, 4.69) is 4.74 Å². The van der Waals surface area contributed by atoms with E-state index >= 15 is 0 Å². The molecule has 0 aliphatic heterocycles. The number of hydrogen-bond acceptors (Lipinski definition) is 2. The van der Waals surface area contributed by atoms with Gasteiger partial charge < -0.3 is 4.74 Å². The number of ether oxygens (including phenoxy) is 1. The van der Waals surface area contributed by atoms with Crippen molar-refractivity contribution in [1.29, 1.82) is 0 Å². The standard InChI is InChI=1S/C13H15F3O2/c1-2-10-3-5-11(6-4-10)7-12(17)8-18-9-13(14,15)16/h3-6H,2,7-9H2,1H3. The lowest BCUT2D eigenvalue weighted by Gasteiger charge is -2.07. The van der Waals surface area contributed by atoms with E-state index in [0.29, 0.717) is 0 Å². The molecule has 0 aliphatic carbocycles. The Morgan fingerprint density at radius 2 is 1.72 bits per heavy atom. The molecule has 0 N–H and O–H groups in total. The van der Waals surface area contributed by atoms with E-state index in [0.717, 1.165) is 17.5 Å². The molecular weight excluding hydrogens is 245 g/mol. The van der Waals surface area contributed by atoms with E-state index in [1.54, 1.807) is 12.1 Å². The van der Waals surface area contributed by atoms with Gasteiger partial charge in [-0.05, 0) is 17.5 Å². The highest BCUT2D eigenvalue weighted by Crippen LogP contribution is 2.14. The van der Waals surface area contributed by atoms with Gasteiger partial charge in [-0.15, -0.1) is 0 Å². The third-order valence-corrected chi connectivity index (χ3v) is 2.36. The van der Waals surface area contributed by atoms with Gasteiger partial charge in [0.05, 0.1) is 0 Å². The zero-order valence-corrected chi connectivity index (χ0v) is 10.1. The molecular formula is C13H15F3O2.